The van der Waals surface area contributed by atoms with Gasteiger partial charge in [0.1, 0.15) is 5.78 Å². The average molecular weight is 285 g/mol. The Hall–Kier alpha value is -0.830. The van der Waals surface area contributed by atoms with Crippen molar-refractivity contribution in [3.63, 3.8) is 0 Å². The van der Waals surface area contributed by atoms with E-state index in [-0.39, 0.29) is 12.2 Å². The van der Waals surface area contributed by atoms with E-state index in [0.717, 1.165) is 10.4 Å². The zero-order valence-electron chi connectivity index (χ0n) is 8.95. The molecule has 0 atom stereocenters. The smallest absolute Gasteiger partial charge is 0.142 e. The number of rotatable bonds is 4. The zero-order valence-corrected chi connectivity index (χ0v) is 11.3. The van der Waals surface area contributed by atoms with Crippen LogP contribution in [0.25, 0.3) is 0 Å². The van der Waals surface area contributed by atoms with E-state index in [0.29, 0.717) is 16.5 Å². The van der Waals surface area contributed by atoms with E-state index in [1.165, 1.54) is 0 Å². The molecule has 2 aromatic rings. The monoisotopic (exact) mass is 284 g/mol. The molecule has 1 aromatic heterocycles. The van der Waals surface area contributed by atoms with Gasteiger partial charge in [-0.25, -0.2) is 0 Å². The summed E-state index contributed by atoms with van der Waals surface area (Å²) in [4.78, 5) is 12.9. The first-order valence-electron chi connectivity index (χ1n) is 5.14. The summed E-state index contributed by atoms with van der Waals surface area (Å²) < 4.78 is 0. The molecule has 1 heterocycles. The van der Waals surface area contributed by atoms with Crippen molar-refractivity contribution in [3.8, 4) is 0 Å². The van der Waals surface area contributed by atoms with Crippen molar-refractivity contribution < 1.29 is 4.79 Å². The Morgan fingerprint density at radius 2 is 1.76 bits per heavy atom. The topological polar surface area (TPSA) is 17.1 Å². The summed E-state index contributed by atoms with van der Waals surface area (Å²) in [6.07, 6.45) is 0.732. The molecule has 0 unspecified atom stereocenters. The first kappa shape index (κ1) is 12.6. The highest BCUT2D eigenvalue weighted by molar-refractivity contribution is 7.10. The lowest BCUT2D eigenvalue weighted by Crippen LogP contribution is -2.06. The van der Waals surface area contributed by atoms with Crippen molar-refractivity contribution in [2.24, 2.45) is 0 Å². The van der Waals surface area contributed by atoms with E-state index < -0.39 is 0 Å². The number of ketones is 1. The van der Waals surface area contributed by atoms with Gasteiger partial charge in [-0.3, -0.25) is 4.79 Å². The van der Waals surface area contributed by atoms with Crippen molar-refractivity contribution in [3.05, 3.63) is 56.2 Å². The van der Waals surface area contributed by atoms with Crippen LogP contribution in [-0.2, 0) is 17.6 Å². The van der Waals surface area contributed by atoms with Crippen molar-refractivity contribution in [1.82, 2.24) is 0 Å². The Morgan fingerprint density at radius 1 is 1.06 bits per heavy atom. The fourth-order valence-electron chi connectivity index (χ4n) is 1.57. The second-order valence-corrected chi connectivity index (χ2v) is 5.52. The first-order chi connectivity index (χ1) is 8.16. The SMILES string of the molecule is O=C(Cc1cccs1)Cc1c(Cl)cccc1Cl. The third-order valence-electron chi connectivity index (χ3n) is 2.39. The quantitative estimate of drug-likeness (QED) is 0.813. The van der Waals surface area contributed by atoms with Gasteiger partial charge < -0.3 is 0 Å². The lowest BCUT2D eigenvalue weighted by Gasteiger charge is -2.05. The molecule has 4 heteroatoms. The second kappa shape index (κ2) is 5.67. The van der Waals surface area contributed by atoms with Crippen LogP contribution in [0.15, 0.2) is 35.7 Å². The highest BCUT2D eigenvalue weighted by atomic mass is 35.5. The number of carbonyl (C=O) groups excluding carboxylic acids is 1. The van der Waals surface area contributed by atoms with Gasteiger partial charge in [0, 0.05) is 27.8 Å². The van der Waals surface area contributed by atoms with Gasteiger partial charge in [0.25, 0.3) is 0 Å². The van der Waals surface area contributed by atoms with E-state index in [1.807, 2.05) is 17.5 Å². The molecule has 0 aliphatic heterocycles. The highest BCUT2D eigenvalue weighted by Gasteiger charge is 2.11. The van der Waals surface area contributed by atoms with Gasteiger partial charge in [-0.1, -0.05) is 35.3 Å². The van der Waals surface area contributed by atoms with Gasteiger partial charge in [0.2, 0.25) is 0 Å². The minimum absolute atomic E-state index is 0.127. The number of Topliss-reactive ketones (excluding diaryl/α,β-unsaturated/α-hetero) is 1. The Kier molecular flexibility index (Phi) is 4.21. The van der Waals surface area contributed by atoms with Gasteiger partial charge in [0.05, 0.1) is 0 Å². The second-order valence-electron chi connectivity index (χ2n) is 3.67. The van der Waals surface area contributed by atoms with Gasteiger partial charge in [-0.15, -0.1) is 11.3 Å². The predicted octanol–water partition coefficient (Wildman–Crippen LogP) is 4.41. The number of carbonyl (C=O) groups is 1. The number of hydrogen-bond donors (Lipinski definition) is 0. The largest absolute Gasteiger partial charge is 0.299 e. The minimum atomic E-state index is 0.127. The first-order valence-corrected chi connectivity index (χ1v) is 6.77. The van der Waals surface area contributed by atoms with E-state index in [2.05, 4.69) is 0 Å². The van der Waals surface area contributed by atoms with Crippen LogP contribution in [0.3, 0.4) is 0 Å². The molecule has 0 radical (unpaired) electrons. The van der Waals surface area contributed by atoms with Crippen LogP contribution in [0.4, 0.5) is 0 Å². The van der Waals surface area contributed by atoms with E-state index in [4.69, 9.17) is 23.2 Å². The summed E-state index contributed by atoms with van der Waals surface area (Å²) in [5.41, 5.74) is 0.720. The molecular formula is C13H10Cl2OS. The van der Waals surface area contributed by atoms with Crippen molar-refractivity contribution in [2.75, 3.05) is 0 Å². The van der Waals surface area contributed by atoms with Crippen LogP contribution in [0.5, 0.6) is 0 Å². The molecule has 1 nitrogen and oxygen atoms in total. The third kappa shape index (κ3) is 3.32. The summed E-state index contributed by atoms with van der Waals surface area (Å²) in [7, 11) is 0. The molecule has 0 bridgehead atoms. The lowest BCUT2D eigenvalue weighted by molar-refractivity contribution is -0.117. The fourth-order valence-corrected chi connectivity index (χ4v) is 2.83. The maximum atomic E-state index is 11.9. The minimum Gasteiger partial charge on any atom is -0.299 e. The third-order valence-corrected chi connectivity index (χ3v) is 3.97. The molecule has 0 aliphatic rings. The molecule has 1 aromatic carbocycles. The maximum Gasteiger partial charge on any atom is 0.142 e. The van der Waals surface area contributed by atoms with Crippen LogP contribution in [0.1, 0.15) is 10.4 Å². The highest BCUT2D eigenvalue weighted by Crippen LogP contribution is 2.25. The predicted molar refractivity (Wildman–Crippen MR) is 73.2 cm³/mol. The summed E-state index contributed by atoms with van der Waals surface area (Å²) in [5, 5.41) is 3.07. The molecule has 0 N–H and O–H groups in total. The molecule has 0 amide bonds. The van der Waals surface area contributed by atoms with Crippen LogP contribution < -0.4 is 0 Å². The number of thiophene rings is 1. The van der Waals surface area contributed by atoms with Gasteiger partial charge in [0.15, 0.2) is 0 Å². The Labute approximate surface area is 114 Å². The van der Waals surface area contributed by atoms with Crippen LogP contribution >= 0.6 is 34.5 Å². The Balaban J connectivity index is 2.08. The average Bonchev–Trinajstić information content (AvgIpc) is 2.76. The molecule has 0 fully saturated rings. The summed E-state index contributed by atoms with van der Waals surface area (Å²) in [5.74, 6) is 0.127. The molecule has 0 spiro atoms. The van der Waals surface area contributed by atoms with Gasteiger partial charge >= 0.3 is 0 Å². The molecule has 0 aliphatic carbocycles. The Bertz CT molecular complexity index is 500. The number of benzene rings is 1. The van der Waals surface area contributed by atoms with E-state index in [9.17, 15) is 4.79 Å². The molecular weight excluding hydrogens is 275 g/mol. The molecule has 88 valence electrons. The van der Waals surface area contributed by atoms with Crippen LogP contribution in [0, 0.1) is 0 Å². The molecule has 0 saturated carbocycles. The van der Waals surface area contributed by atoms with E-state index in [1.54, 1.807) is 29.5 Å². The van der Waals surface area contributed by atoms with Gasteiger partial charge in [-0.05, 0) is 29.1 Å². The summed E-state index contributed by atoms with van der Waals surface area (Å²) >= 11 is 13.6. The van der Waals surface area contributed by atoms with Crippen LogP contribution in [0.2, 0.25) is 10.0 Å². The molecule has 17 heavy (non-hydrogen) atoms. The summed E-state index contributed by atoms with van der Waals surface area (Å²) in [6, 6.07) is 9.17. The summed E-state index contributed by atoms with van der Waals surface area (Å²) in [6.45, 7) is 0. The standard InChI is InChI=1S/C13H10Cl2OS/c14-12-4-1-5-13(15)11(12)8-9(16)7-10-3-2-6-17-10/h1-6H,7-8H2. The normalized spacial score (nSPS) is 10.5. The molecule has 0 saturated heterocycles. The van der Waals surface area contributed by atoms with Crippen molar-refractivity contribution in [2.45, 2.75) is 12.8 Å². The van der Waals surface area contributed by atoms with E-state index >= 15 is 0 Å². The Morgan fingerprint density at radius 3 is 2.35 bits per heavy atom. The number of hydrogen-bond acceptors (Lipinski definition) is 2. The molecule has 2 rings (SSSR count). The maximum absolute atomic E-state index is 11.9. The van der Waals surface area contributed by atoms with Crippen molar-refractivity contribution >= 4 is 40.3 Å². The van der Waals surface area contributed by atoms with Gasteiger partial charge in [-0.2, -0.15) is 0 Å². The van der Waals surface area contributed by atoms with Crippen molar-refractivity contribution in [1.29, 1.82) is 0 Å². The zero-order chi connectivity index (χ0) is 12.3. The number of halogens is 2. The van der Waals surface area contributed by atoms with Crippen LogP contribution in [-0.4, -0.2) is 5.78 Å². The lowest BCUT2D eigenvalue weighted by atomic mass is 10.1. The fraction of sp³-hybridized carbons (Fsp3) is 0.154.